The number of hydrogen-bond donors (Lipinski definition) is 2. The van der Waals surface area contributed by atoms with Gasteiger partial charge in [0.1, 0.15) is 11.6 Å². The second-order valence-electron chi connectivity index (χ2n) is 8.05. The molecule has 0 spiro atoms. The molecule has 0 unspecified atom stereocenters. The summed E-state index contributed by atoms with van der Waals surface area (Å²) in [6.07, 6.45) is 1.39. The van der Waals surface area contributed by atoms with Crippen LogP contribution in [0.3, 0.4) is 0 Å². The number of anilines is 3. The van der Waals surface area contributed by atoms with Crippen molar-refractivity contribution in [3.05, 3.63) is 77.5 Å². The first kappa shape index (κ1) is 23.0. The summed E-state index contributed by atoms with van der Waals surface area (Å²) in [5, 5.41) is 5.28. The van der Waals surface area contributed by atoms with Crippen molar-refractivity contribution in [2.75, 3.05) is 41.7 Å². The van der Waals surface area contributed by atoms with Crippen LogP contribution in [0.2, 0.25) is 0 Å². The monoisotopic (exact) mass is 464 g/mol. The molecule has 9 heteroatoms. The highest BCUT2D eigenvalue weighted by molar-refractivity contribution is 6.05. The van der Waals surface area contributed by atoms with Crippen molar-refractivity contribution in [2.24, 2.45) is 0 Å². The summed E-state index contributed by atoms with van der Waals surface area (Å²) in [4.78, 5) is 40.4. The van der Waals surface area contributed by atoms with Crippen molar-refractivity contribution in [1.82, 2.24) is 4.90 Å². The molecule has 2 aromatic carbocycles. The van der Waals surface area contributed by atoms with Crippen LogP contribution in [0.15, 0.2) is 59.2 Å². The highest BCUT2D eigenvalue weighted by Crippen LogP contribution is 2.22. The zero-order chi connectivity index (χ0) is 24.2. The predicted molar refractivity (Wildman–Crippen MR) is 127 cm³/mol. The highest BCUT2D eigenvalue weighted by Gasteiger charge is 2.22. The predicted octanol–water partition coefficient (Wildman–Crippen LogP) is 4.54. The van der Waals surface area contributed by atoms with E-state index in [0.29, 0.717) is 48.8 Å². The molecule has 1 aliphatic rings. The molecule has 2 heterocycles. The zero-order valence-electron chi connectivity index (χ0n) is 18.9. The molecule has 0 atom stereocenters. The van der Waals surface area contributed by atoms with Crippen LogP contribution in [0.5, 0.6) is 0 Å². The lowest BCUT2D eigenvalue weighted by Crippen LogP contribution is -2.50. The fourth-order valence-corrected chi connectivity index (χ4v) is 3.79. The molecule has 1 aliphatic heterocycles. The third-order valence-electron chi connectivity index (χ3n) is 5.78. The number of benzene rings is 2. The molecule has 0 bridgehead atoms. The summed E-state index contributed by atoms with van der Waals surface area (Å²) in [7, 11) is 0. The first-order valence-corrected chi connectivity index (χ1v) is 10.9. The van der Waals surface area contributed by atoms with E-state index < -0.39 is 11.7 Å². The van der Waals surface area contributed by atoms with E-state index in [2.05, 4.69) is 15.5 Å². The number of urea groups is 1. The lowest BCUT2D eigenvalue weighted by molar-refractivity contribution is 0.101. The SMILES string of the molecule is CC(=O)c1ccc(N2CCN(C(=O)Nc3ccc(F)c(NC(=O)c4ccoc4C)c3)CC2)cc1. The average molecular weight is 464 g/mol. The number of carbonyl (C=O) groups is 3. The number of halogens is 1. The molecule has 0 aliphatic carbocycles. The van der Waals surface area contributed by atoms with Gasteiger partial charge in [0.2, 0.25) is 0 Å². The normalized spacial score (nSPS) is 13.5. The van der Waals surface area contributed by atoms with Gasteiger partial charge in [-0.05, 0) is 62.4 Å². The van der Waals surface area contributed by atoms with E-state index in [0.717, 1.165) is 5.69 Å². The Hall–Kier alpha value is -4.14. The number of rotatable bonds is 5. The molecule has 176 valence electrons. The maximum Gasteiger partial charge on any atom is 0.321 e. The Kier molecular flexibility index (Phi) is 6.62. The molecule has 3 aromatic rings. The minimum Gasteiger partial charge on any atom is -0.469 e. The van der Waals surface area contributed by atoms with Crippen LogP contribution in [-0.2, 0) is 0 Å². The minimum atomic E-state index is -0.614. The Balaban J connectivity index is 1.35. The minimum absolute atomic E-state index is 0.0214. The summed E-state index contributed by atoms with van der Waals surface area (Å²) in [6.45, 7) is 5.46. The van der Waals surface area contributed by atoms with Crippen molar-refractivity contribution < 1.29 is 23.2 Å². The summed E-state index contributed by atoms with van der Waals surface area (Å²) in [6, 6.07) is 12.6. The molecular weight excluding hydrogens is 439 g/mol. The Bertz CT molecular complexity index is 1210. The first-order valence-electron chi connectivity index (χ1n) is 10.9. The second-order valence-corrected chi connectivity index (χ2v) is 8.05. The van der Waals surface area contributed by atoms with E-state index in [1.165, 1.54) is 37.5 Å². The van der Waals surface area contributed by atoms with Gasteiger partial charge in [-0.1, -0.05) is 0 Å². The maximum absolute atomic E-state index is 14.3. The standard InChI is InChI=1S/C25H25FN4O4/c1-16(31)18-3-6-20(7-4-18)29-10-12-30(13-11-29)25(33)27-19-5-8-22(26)23(15-19)28-24(32)21-9-14-34-17(21)2/h3-9,14-15H,10-13H2,1-2H3,(H,27,33)(H,28,32). The third-order valence-corrected chi connectivity index (χ3v) is 5.78. The lowest BCUT2D eigenvalue weighted by Gasteiger charge is -2.36. The van der Waals surface area contributed by atoms with E-state index in [-0.39, 0.29) is 17.5 Å². The molecule has 3 amide bonds. The summed E-state index contributed by atoms with van der Waals surface area (Å²) in [5.41, 5.74) is 2.30. The van der Waals surface area contributed by atoms with Crippen LogP contribution in [0.4, 0.5) is 26.2 Å². The van der Waals surface area contributed by atoms with Gasteiger partial charge in [-0.2, -0.15) is 0 Å². The Morgan fingerprint density at radius 1 is 0.941 bits per heavy atom. The molecule has 8 nitrogen and oxygen atoms in total. The second kappa shape index (κ2) is 9.78. The molecule has 1 saturated heterocycles. The van der Waals surface area contributed by atoms with Gasteiger partial charge in [-0.25, -0.2) is 9.18 Å². The zero-order valence-corrected chi connectivity index (χ0v) is 18.9. The van der Waals surface area contributed by atoms with Gasteiger partial charge in [0, 0.05) is 43.1 Å². The third kappa shape index (κ3) is 5.09. The fraction of sp³-hybridized carbons (Fsp3) is 0.240. The number of carbonyl (C=O) groups excluding carboxylic acids is 3. The van der Waals surface area contributed by atoms with Crippen molar-refractivity contribution in [1.29, 1.82) is 0 Å². The van der Waals surface area contributed by atoms with Crippen LogP contribution < -0.4 is 15.5 Å². The average Bonchev–Trinajstić information content (AvgIpc) is 3.27. The van der Waals surface area contributed by atoms with Crippen LogP contribution in [0.1, 0.15) is 33.4 Å². The van der Waals surface area contributed by atoms with Crippen molar-refractivity contribution in [3.63, 3.8) is 0 Å². The number of nitrogens with zero attached hydrogens (tertiary/aromatic N) is 2. The van der Waals surface area contributed by atoms with Gasteiger partial charge < -0.3 is 24.9 Å². The van der Waals surface area contributed by atoms with Gasteiger partial charge >= 0.3 is 6.03 Å². The number of amides is 3. The number of nitrogens with one attached hydrogen (secondary N) is 2. The highest BCUT2D eigenvalue weighted by atomic mass is 19.1. The van der Waals surface area contributed by atoms with Crippen molar-refractivity contribution >= 4 is 34.8 Å². The van der Waals surface area contributed by atoms with Crippen LogP contribution in [0.25, 0.3) is 0 Å². The molecule has 4 rings (SSSR count). The van der Waals surface area contributed by atoms with Crippen molar-refractivity contribution in [3.8, 4) is 0 Å². The van der Waals surface area contributed by atoms with Gasteiger partial charge in [0.15, 0.2) is 5.78 Å². The van der Waals surface area contributed by atoms with E-state index in [4.69, 9.17) is 4.42 Å². The summed E-state index contributed by atoms with van der Waals surface area (Å²) in [5.74, 6) is -0.664. The fourth-order valence-electron chi connectivity index (χ4n) is 3.79. The Morgan fingerprint density at radius 3 is 2.26 bits per heavy atom. The van der Waals surface area contributed by atoms with Crippen molar-refractivity contribution in [2.45, 2.75) is 13.8 Å². The number of ketones is 1. The Labute approximate surface area is 196 Å². The molecule has 1 fully saturated rings. The van der Waals surface area contributed by atoms with Gasteiger partial charge in [0.05, 0.1) is 17.5 Å². The largest absolute Gasteiger partial charge is 0.469 e. The molecule has 34 heavy (non-hydrogen) atoms. The maximum atomic E-state index is 14.3. The lowest BCUT2D eigenvalue weighted by atomic mass is 10.1. The van der Waals surface area contributed by atoms with E-state index in [1.54, 1.807) is 24.0 Å². The summed E-state index contributed by atoms with van der Waals surface area (Å²) < 4.78 is 19.4. The first-order chi connectivity index (χ1) is 16.3. The number of Topliss-reactive ketones (excluding diaryl/α,β-unsaturated/α-hetero) is 1. The van der Waals surface area contributed by atoms with Gasteiger partial charge in [-0.3, -0.25) is 9.59 Å². The quantitative estimate of drug-likeness (QED) is 0.541. The molecule has 2 N–H and O–H groups in total. The van der Waals surface area contributed by atoms with Crippen LogP contribution >= 0.6 is 0 Å². The smallest absolute Gasteiger partial charge is 0.321 e. The van der Waals surface area contributed by atoms with Gasteiger partial charge in [0.25, 0.3) is 5.91 Å². The van der Waals surface area contributed by atoms with E-state index >= 15 is 0 Å². The molecule has 0 saturated carbocycles. The number of aryl methyl sites for hydroxylation is 1. The number of piperazine rings is 1. The number of furan rings is 1. The molecule has 1 aromatic heterocycles. The van der Waals surface area contributed by atoms with E-state index in [1.807, 2.05) is 12.1 Å². The molecular formula is C25H25FN4O4. The van der Waals surface area contributed by atoms with E-state index in [9.17, 15) is 18.8 Å². The summed E-state index contributed by atoms with van der Waals surface area (Å²) >= 11 is 0. The number of hydrogen-bond acceptors (Lipinski definition) is 5. The van der Waals surface area contributed by atoms with Crippen LogP contribution in [0, 0.1) is 12.7 Å². The topological polar surface area (TPSA) is 94.9 Å². The van der Waals surface area contributed by atoms with Gasteiger partial charge in [-0.15, -0.1) is 0 Å². The molecule has 0 radical (unpaired) electrons. The van der Waals surface area contributed by atoms with Crippen LogP contribution in [-0.4, -0.2) is 48.8 Å². The Morgan fingerprint density at radius 2 is 1.65 bits per heavy atom.